The van der Waals surface area contributed by atoms with Crippen LogP contribution in [0.3, 0.4) is 0 Å². The van der Waals surface area contributed by atoms with E-state index in [4.69, 9.17) is 4.74 Å². The van der Waals surface area contributed by atoms with Gasteiger partial charge in [-0.05, 0) is 30.9 Å². The largest absolute Gasteiger partial charge is 0.411 e. The van der Waals surface area contributed by atoms with Gasteiger partial charge in [-0.2, -0.15) is 13.2 Å². The highest BCUT2D eigenvalue weighted by atomic mass is 127. The summed E-state index contributed by atoms with van der Waals surface area (Å²) in [4.78, 5) is 18.7. The Morgan fingerprint density at radius 2 is 1.91 bits per heavy atom. The lowest BCUT2D eigenvalue weighted by molar-refractivity contribution is -0.176. The monoisotopic (exact) mass is 570 g/mol. The molecule has 0 aromatic heterocycles. The maximum absolute atomic E-state index is 12.2. The van der Waals surface area contributed by atoms with E-state index in [0.717, 1.165) is 31.5 Å². The number of rotatable bonds is 8. The number of halogens is 4. The summed E-state index contributed by atoms with van der Waals surface area (Å²) in [6, 6.07) is 7.45. The maximum Gasteiger partial charge on any atom is 0.411 e. The van der Waals surface area contributed by atoms with Crippen molar-refractivity contribution in [3.8, 4) is 0 Å². The lowest BCUT2D eigenvalue weighted by atomic mass is 10.0. The van der Waals surface area contributed by atoms with Gasteiger partial charge < -0.3 is 20.3 Å². The van der Waals surface area contributed by atoms with Crippen molar-refractivity contribution in [2.24, 2.45) is 10.9 Å². The number of amides is 1. The highest BCUT2D eigenvalue weighted by Gasteiger charge is 2.27. The lowest BCUT2D eigenvalue weighted by Gasteiger charge is -2.34. The van der Waals surface area contributed by atoms with Gasteiger partial charge in [0.25, 0.3) is 0 Å². The molecule has 1 fully saturated rings. The zero-order chi connectivity index (χ0) is 22.9. The molecular formula is C22H34F3IN4O2. The van der Waals surface area contributed by atoms with Gasteiger partial charge in [-0.15, -0.1) is 24.0 Å². The first kappa shape index (κ1) is 28.5. The van der Waals surface area contributed by atoms with E-state index in [2.05, 4.69) is 15.6 Å². The van der Waals surface area contributed by atoms with E-state index in [9.17, 15) is 18.0 Å². The van der Waals surface area contributed by atoms with Crippen LogP contribution in [0, 0.1) is 5.92 Å². The number of piperidine rings is 1. The molecule has 0 bridgehead atoms. The molecule has 1 heterocycles. The molecule has 182 valence electrons. The fraction of sp³-hybridized carbons (Fsp3) is 0.636. The molecule has 32 heavy (non-hydrogen) atoms. The highest BCUT2D eigenvalue weighted by Crippen LogP contribution is 2.16. The Bertz CT molecular complexity index is 736. The summed E-state index contributed by atoms with van der Waals surface area (Å²) in [6.07, 6.45) is -2.61. The molecule has 0 atom stereocenters. The van der Waals surface area contributed by atoms with Crippen LogP contribution < -0.4 is 10.6 Å². The van der Waals surface area contributed by atoms with Crippen LogP contribution in [0.2, 0.25) is 0 Å². The van der Waals surface area contributed by atoms with Crippen LogP contribution in [0.1, 0.15) is 44.7 Å². The minimum absolute atomic E-state index is 0. The Kier molecular flexibility index (Phi) is 12.3. The quantitative estimate of drug-likeness (QED) is 0.281. The Hall–Kier alpha value is -1.56. The standard InChI is InChI=1S/C22H33F3N4O2.HI/c1-4-26-21(28-19-8-10-29(11-9-19)20(30)16(2)3)27-13-17-6-5-7-18(12-17)14-31-15-22(23,24)25;/h5-7,12,16,19H,4,8-11,13-15H2,1-3H3,(H2,26,27,28);1H. The molecule has 6 nitrogen and oxygen atoms in total. The second-order valence-corrected chi connectivity index (χ2v) is 8.02. The zero-order valence-corrected chi connectivity index (χ0v) is 21.2. The van der Waals surface area contributed by atoms with Crippen molar-refractivity contribution in [3.63, 3.8) is 0 Å². The molecular weight excluding hydrogens is 536 g/mol. The molecule has 0 unspecified atom stereocenters. The van der Waals surface area contributed by atoms with Gasteiger partial charge in [-0.3, -0.25) is 4.79 Å². The van der Waals surface area contributed by atoms with Crippen molar-refractivity contribution < 1.29 is 22.7 Å². The first-order valence-corrected chi connectivity index (χ1v) is 10.7. The van der Waals surface area contributed by atoms with Gasteiger partial charge in [0.05, 0.1) is 13.2 Å². The Balaban J connectivity index is 0.00000512. The SMILES string of the molecule is CCNC(=NCc1cccc(COCC(F)(F)F)c1)NC1CCN(C(=O)C(C)C)CC1.I. The number of alkyl halides is 3. The highest BCUT2D eigenvalue weighted by molar-refractivity contribution is 14.0. The second kappa shape index (κ2) is 13.9. The minimum Gasteiger partial charge on any atom is -0.367 e. The number of aliphatic imine (C=N–C) groups is 1. The predicted molar refractivity (Wildman–Crippen MR) is 130 cm³/mol. The van der Waals surface area contributed by atoms with Gasteiger partial charge in [-0.25, -0.2) is 4.99 Å². The molecule has 2 N–H and O–H groups in total. The Labute approximate surface area is 205 Å². The first-order chi connectivity index (χ1) is 14.7. The van der Waals surface area contributed by atoms with Crippen molar-refractivity contribution in [1.82, 2.24) is 15.5 Å². The van der Waals surface area contributed by atoms with Crippen molar-refractivity contribution >= 4 is 35.8 Å². The fourth-order valence-corrected chi connectivity index (χ4v) is 3.40. The number of likely N-dealkylation sites (tertiary alicyclic amines) is 1. The summed E-state index contributed by atoms with van der Waals surface area (Å²) in [6.45, 7) is 7.03. The van der Waals surface area contributed by atoms with Crippen LogP contribution in [0.25, 0.3) is 0 Å². The molecule has 1 amide bonds. The normalized spacial score (nSPS) is 15.5. The molecule has 1 aliphatic heterocycles. The maximum atomic E-state index is 12.2. The van der Waals surface area contributed by atoms with Crippen LogP contribution in [0.5, 0.6) is 0 Å². The van der Waals surface area contributed by atoms with Crippen LogP contribution >= 0.6 is 24.0 Å². The Morgan fingerprint density at radius 1 is 1.25 bits per heavy atom. The van der Waals surface area contributed by atoms with E-state index in [1.165, 1.54) is 0 Å². The first-order valence-electron chi connectivity index (χ1n) is 10.7. The van der Waals surface area contributed by atoms with E-state index >= 15 is 0 Å². The van der Waals surface area contributed by atoms with Crippen molar-refractivity contribution in [2.75, 3.05) is 26.2 Å². The summed E-state index contributed by atoms with van der Waals surface area (Å²) in [5.41, 5.74) is 1.57. The number of carbonyl (C=O) groups is 1. The molecule has 1 aliphatic rings. The van der Waals surface area contributed by atoms with Gasteiger partial charge in [0.1, 0.15) is 6.61 Å². The molecule has 10 heteroatoms. The predicted octanol–water partition coefficient (Wildman–Crippen LogP) is 4.09. The van der Waals surface area contributed by atoms with Crippen LogP contribution in [-0.4, -0.2) is 55.2 Å². The fourth-order valence-electron chi connectivity index (χ4n) is 3.40. The number of carbonyl (C=O) groups excluding carboxylic acids is 1. The summed E-state index contributed by atoms with van der Waals surface area (Å²) >= 11 is 0. The average Bonchev–Trinajstić information content (AvgIpc) is 2.71. The molecule has 0 aliphatic carbocycles. The van der Waals surface area contributed by atoms with Gasteiger partial charge in [0.15, 0.2) is 5.96 Å². The van der Waals surface area contributed by atoms with Crippen molar-refractivity contribution in [2.45, 2.75) is 59.0 Å². The van der Waals surface area contributed by atoms with Gasteiger partial charge in [-0.1, -0.05) is 38.1 Å². The molecule has 1 aromatic carbocycles. The number of guanidine groups is 1. The topological polar surface area (TPSA) is 66.0 Å². The van der Waals surface area contributed by atoms with Crippen molar-refractivity contribution in [3.05, 3.63) is 35.4 Å². The number of hydrogen-bond acceptors (Lipinski definition) is 3. The second-order valence-electron chi connectivity index (χ2n) is 8.02. The minimum atomic E-state index is -4.33. The number of benzene rings is 1. The van der Waals surface area contributed by atoms with Crippen molar-refractivity contribution in [1.29, 1.82) is 0 Å². The lowest BCUT2D eigenvalue weighted by Crippen LogP contribution is -2.50. The van der Waals surface area contributed by atoms with E-state index in [1.807, 2.05) is 31.7 Å². The number of ether oxygens (including phenoxy) is 1. The third-order valence-corrected chi connectivity index (χ3v) is 4.93. The molecule has 1 saturated heterocycles. The number of hydrogen-bond donors (Lipinski definition) is 2. The summed E-state index contributed by atoms with van der Waals surface area (Å²) in [5.74, 6) is 0.894. The van der Waals surface area contributed by atoms with E-state index in [-0.39, 0.29) is 48.5 Å². The summed E-state index contributed by atoms with van der Waals surface area (Å²) in [5, 5.41) is 6.66. The van der Waals surface area contributed by atoms with E-state index in [0.29, 0.717) is 24.6 Å². The molecule has 0 saturated carbocycles. The third kappa shape index (κ3) is 10.4. The van der Waals surface area contributed by atoms with Crippen LogP contribution in [-0.2, 0) is 22.7 Å². The number of nitrogens with zero attached hydrogens (tertiary/aromatic N) is 2. The summed E-state index contributed by atoms with van der Waals surface area (Å²) in [7, 11) is 0. The molecule has 0 spiro atoms. The Morgan fingerprint density at radius 3 is 2.50 bits per heavy atom. The van der Waals surface area contributed by atoms with Crippen LogP contribution in [0.15, 0.2) is 29.3 Å². The van der Waals surface area contributed by atoms with Crippen LogP contribution in [0.4, 0.5) is 13.2 Å². The number of nitrogens with one attached hydrogen (secondary N) is 2. The molecule has 2 rings (SSSR count). The summed E-state index contributed by atoms with van der Waals surface area (Å²) < 4.78 is 41.4. The van der Waals surface area contributed by atoms with Gasteiger partial charge in [0, 0.05) is 31.6 Å². The van der Waals surface area contributed by atoms with E-state index in [1.54, 1.807) is 18.2 Å². The zero-order valence-electron chi connectivity index (χ0n) is 18.9. The third-order valence-electron chi connectivity index (χ3n) is 4.93. The molecule has 0 radical (unpaired) electrons. The molecule has 1 aromatic rings. The smallest absolute Gasteiger partial charge is 0.367 e. The van der Waals surface area contributed by atoms with Gasteiger partial charge >= 0.3 is 6.18 Å². The van der Waals surface area contributed by atoms with E-state index < -0.39 is 12.8 Å². The van der Waals surface area contributed by atoms with Gasteiger partial charge in [0.2, 0.25) is 5.91 Å². The average molecular weight is 570 g/mol.